The van der Waals surface area contributed by atoms with Gasteiger partial charge in [0.2, 0.25) is 10.0 Å². The lowest BCUT2D eigenvalue weighted by Gasteiger charge is -2.15. The van der Waals surface area contributed by atoms with Crippen molar-refractivity contribution in [1.29, 1.82) is 5.26 Å². The van der Waals surface area contributed by atoms with Crippen molar-refractivity contribution in [1.82, 2.24) is 9.62 Å². The van der Waals surface area contributed by atoms with Crippen molar-refractivity contribution in [3.63, 3.8) is 0 Å². The molecule has 2 rings (SSSR count). The van der Waals surface area contributed by atoms with Crippen molar-refractivity contribution in [2.24, 2.45) is 0 Å². The van der Waals surface area contributed by atoms with Crippen LogP contribution in [0.15, 0.2) is 0 Å². The van der Waals surface area contributed by atoms with E-state index < -0.39 is 15.8 Å². The van der Waals surface area contributed by atoms with Crippen LogP contribution in [0.5, 0.6) is 0 Å². The first-order valence-electron chi connectivity index (χ1n) is 5.22. The van der Waals surface area contributed by atoms with Gasteiger partial charge >= 0.3 is 0 Å². The third-order valence-electron chi connectivity index (χ3n) is 2.88. The number of likely N-dealkylation sites (tertiary alicyclic amines) is 1. The van der Waals surface area contributed by atoms with Crippen LogP contribution in [0.25, 0.3) is 0 Å². The first-order chi connectivity index (χ1) is 7.11. The fraction of sp³-hybridized carbons (Fsp3) is 0.889. The van der Waals surface area contributed by atoms with Gasteiger partial charge in [0.25, 0.3) is 0 Å². The predicted octanol–water partition coefficient (Wildman–Crippen LogP) is -0.334. The molecule has 1 N–H and O–H groups in total. The Bertz CT molecular complexity index is 369. The first-order valence-corrected chi connectivity index (χ1v) is 6.87. The van der Waals surface area contributed by atoms with E-state index in [0.29, 0.717) is 6.04 Å². The monoisotopic (exact) mass is 229 g/mol. The summed E-state index contributed by atoms with van der Waals surface area (Å²) in [5.74, 6) is -0.438. The molecule has 0 radical (unpaired) electrons. The maximum absolute atomic E-state index is 11.3. The van der Waals surface area contributed by atoms with Crippen molar-refractivity contribution in [3.8, 4) is 6.07 Å². The molecule has 0 aromatic rings. The van der Waals surface area contributed by atoms with Crippen molar-refractivity contribution in [2.75, 3.05) is 18.8 Å². The topological polar surface area (TPSA) is 73.2 Å². The number of hydrogen-bond donors (Lipinski definition) is 1. The molecule has 1 saturated heterocycles. The fourth-order valence-electron chi connectivity index (χ4n) is 2.04. The maximum Gasteiger partial charge on any atom is 0.225 e. The van der Waals surface area contributed by atoms with E-state index in [0.717, 1.165) is 19.5 Å². The van der Waals surface area contributed by atoms with Gasteiger partial charge in [-0.3, -0.25) is 4.90 Å². The van der Waals surface area contributed by atoms with Gasteiger partial charge in [0, 0.05) is 25.2 Å². The van der Waals surface area contributed by atoms with Crippen LogP contribution < -0.4 is 4.72 Å². The maximum atomic E-state index is 11.3. The zero-order valence-electron chi connectivity index (χ0n) is 8.52. The lowest BCUT2D eigenvalue weighted by Crippen LogP contribution is -2.38. The van der Waals surface area contributed by atoms with Crippen LogP contribution >= 0.6 is 0 Å². The normalized spacial score (nSPS) is 27.8. The molecule has 0 bridgehead atoms. The van der Waals surface area contributed by atoms with Gasteiger partial charge in [-0.25, -0.2) is 13.1 Å². The van der Waals surface area contributed by atoms with Crippen LogP contribution in [-0.4, -0.2) is 44.2 Å². The number of nitrogens with zero attached hydrogens (tertiary/aromatic N) is 2. The lowest BCUT2D eigenvalue weighted by molar-refractivity contribution is 0.322. The second kappa shape index (κ2) is 4.08. The molecule has 1 aliphatic heterocycles. The lowest BCUT2D eigenvalue weighted by atomic mass is 10.3. The van der Waals surface area contributed by atoms with Gasteiger partial charge in [-0.1, -0.05) is 0 Å². The van der Waals surface area contributed by atoms with E-state index in [1.165, 1.54) is 12.8 Å². The number of hydrogen-bond acceptors (Lipinski definition) is 4. The standard InChI is InChI=1S/C9H15N3O2S/c10-4-6-15(13,14)11-8-3-5-12(7-8)9-1-2-9/h8-9,11H,1-3,5-7H2. The third-order valence-corrected chi connectivity index (χ3v) is 4.09. The molecular formula is C9H15N3O2S. The molecule has 6 heteroatoms. The van der Waals surface area contributed by atoms with Gasteiger partial charge in [-0.2, -0.15) is 5.26 Å². The second-order valence-corrected chi connectivity index (χ2v) is 6.00. The molecule has 0 aromatic heterocycles. The average molecular weight is 229 g/mol. The van der Waals surface area contributed by atoms with Crippen LogP contribution in [0.2, 0.25) is 0 Å². The molecule has 15 heavy (non-hydrogen) atoms. The zero-order chi connectivity index (χ0) is 10.9. The Balaban J connectivity index is 1.84. The summed E-state index contributed by atoms with van der Waals surface area (Å²) in [6.07, 6.45) is 3.36. The smallest absolute Gasteiger partial charge is 0.225 e. The van der Waals surface area contributed by atoms with Crippen molar-refractivity contribution < 1.29 is 8.42 Å². The summed E-state index contributed by atoms with van der Waals surface area (Å²) in [7, 11) is -3.38. The minimum atomic E-state index is -3.38. The van der Waals surface area contributed by atoms with E-state index in [9.17, 15) is 8.42 Å². The Kier molecular flexibility index (Phi) is 2.96. The van der Waals surface area contributed by atoms with Gasteiger partial charge in [-0.05, 0) is 19.3 Å². The van der Waals surface area contributed by atoms with Crippen LogP contribution in [-0.2, 0) is 10.0 Å². The minimum Gasteiger partial charge on any atom is -0.299 e. The SMILES string of the molecule is N#CCS(=O)(=O)NC1CCN(C2CC2)C1. The Hall–Kier alpha value is -0.640. The number of rotatable bonds is 4. The molecule has 1 heterocycles. The van der Waals surface area contributed by atoms with Gasteiger partial charge in [0.05, 0.1) is 6.07 Å². The highest BCUT2D eigenvalue weighted by molar-refractivity contribution is 7.89. The van der Waals surface area contributed by atoms with E-state index in [4.69, 9.17) is 5.26 Å². The number of sulfonamides is 1. The molecular weight excluding hydrogens is 214 g/mol. The number of nitriles is 1. The van der Waals surface area contributed by atoms with Crippen molar-refractivity contribution in [2.45, 2.75) is 31.3 Å². The molecule has 5 nitrogen and oxygen atoms in total. The van der Waals surface area contributed by atoms with Crippen LogP contribution in [0, 0.1) is 11.3 Å². The summed E-state index contributed by atoms with van der Waals surface area (Å²) in [6, 6.07) is 2.36. The highest BCUT2D eigenvalue weighted by Crippen LogP contribution is 2.29. The first kappa shape index (κ1) is 10.9. The molecule has 2 aliphatic rings. The van der Waals surface area contributed by atoms with Crippen molar-refractivity contribution in [3.05, 3.63) is 0 Å². The zero-order valence-corrected chi connectivity index (χ0v) is 9.33. The Morgan fingerprint density at radius 1 is 1.40 bits per heavy atom. The van der Waals surface area contributed by atoms with E-state index in [1.807, 2.05) is 0 Å². The van der Waals surface area contributed by atoms with Crippen LogP contribution in [0.3, 0.4) is 0 Å². The van der Waals surface area contributed by atoms with E-state index in [2.05, 4.69) is 9.62 Å². The fourth-order valence-corrected chi connectivity index (χ4v) is 2.99. The van der Waals surface area contributed by atoms with Gasteiger partial charge < -0.3 is 0 Å². The summed E-state index contributed by atoms with van der Waals surface area (Å²) in [6.45, 7) is 1.78. The van der Waals surface area contributed by atoms with E-state index >= 15 is 0 Å². The molecule has 1 saturated carbocycles. The third kappa shape index (κ3) is 2.91. The quantitative estimate of drug-likeness (QED) is 0.716. The average Bonchev–Trinajstić information content (AvgIpc) is 2.88. The molecule has 1 aliphatic carbocycles. The highest BCUT2D eigenvalue weighted by Gasteiger charge is 2.35. The summed E-state index contributed by atoms with van der Waals surface area (Å²) < 4.78 is 25.2. The predicted molar refractivity (Wildman–Crippen MR) is 55.5 cm³/mol. The molecule has 0 amide bonds. The molecule has 84 valence electrons. The number of nitrogens with one attached hydrogen (secondary N) is 1. The van der Waals surface area contributed by atoms with Crippen LogP contribution in [0.1, 0.15) is 19.3 Å². The summed E-state index contributed by atoms with van der Waals surface area (Å²) in [4.78, 5) is 2.33. The Labute approximate surface area is 90.1 Å². The Morgan fingerprint density at radius 2 is 2.13 bits per heavy atom. The Morgan fingerprint density at radius 3 is 2.73 bits per heavy atom. The minimum absolute atomic E-state index is 0.00366. The summed E-state index contributed by atoms with van der Waals surface area (Å²) >= 11 is 0. The largest absolute Gasteiger partial charge is 0.299 e. The van der Waals surface area contributed by atoms with Gasteiger partial charge in [0.1, 0.15) is 0 Å². The van der Waals surface area contributed by atoms with E-state index in [1.54, 1.807) is 6.07 Å². The highest BCUT2D eigenvalue weighted by atomic mass is 32.2. The van der Waals surface area contributed by atoms with Gasteiger partial charge in [0.15, 0.2) is 5.75 Å². The summed E-state index contributed by atoms with van der Waals surface area (Å²) in [5.41, 5.74) is 0. The molecule has 1 unspecified atom stereocenters. The molecule has 1 atom stereocenters. The molecule has 0 spiro atoms. The van der Waals surface area contributed by atoms with Crippen LogP contribution in [0.4, 0.5) is 0 Å². The molecule has 2 fully saturated rings. The summed E-state index contributed by atoms with van der Waals surface area (Å²) in [5, 5.41) is 8.35. The molecule has 0 aromatic carbocycles. The second-order valence-electron chi connectivity index (χ2n) is 4.25. The van der Waals surface area contributed by atoms with Gasteiger partial charge in [-0.15, -0.1) is 0 Å². The van der Waals surface area contributed by atoms with E-state index in [-0.39, 0.29) is 6.04 Å². The van der Waals surface area contributed by atoms with Crippen molar-refractivity contribution >= 4 is 10.0 Å².